The van der Waals surface area contributed by atoms with Gasteiger partial charge in [0.05, 0.1) is 6.10 Å². The summed E-state index contributed by atoms with van der Waals surface area (Å²) in [4.78, 5) is 12.5. The van der Waals surface area contributed by atoms with Crippen LogP contribution < -0.4 is 0 Å². The van der Waals surface area contributed by atoms with Crippen LogP contribution in [0.25, 0.3) is 0 Å². The van der Waals surface area contributed by atoms with E-state index in [1.54, 1.807) is 6.07 Å². The van der Waals surface area contributed by atoms with E-state index in [0.717, 1.165) is 62.7 Å². The maximum atomic E-state index is 11.0. The maximum Gasteiger partial charge on any atom is 0.345 e. The molecule has 4 unspecified atom stereocenters. The number of rotatable bonds is 12. The molecule has 2 rings (SSSR count). The number of alkyl halides is 1. The van der Waals surface area contributed by atoms with Crippen molar-refractivity contribution < 1.29 is 20.1 Å². The molecule has 1 saturated carbocycles. The minimum Gasteiger partial charge on any atom is -0.477 e. The van der Waals surface area contributed by atoms with Crippen LogP contribution in [-0.4, -0.2) is 39.4 Å². The Labute approximate surface area is 165 Å². The van der Waals surface area contributed by atoms with Gasteiger partial charge < -0.3 is 15.3 Å². The number of aliphatic hydroxyl groups is 2. The smallest absolute Gasteiger partial charge is 0.345 e. The fourth-order valence-corrected chi connectivity index (χ4v) is 5.48. The Kier molecular flexibility index (Phi) is 9.40. The summed E-state index contributed by atoms with van der Waals surface area (Å²) >= 11 is 7.86. The first-order chi connectivity index (χ1) is 12.5. The molecular weight excluding hydrogens is 372 g/mol. The van der Waals surface area contributed by atoms with Crippen molar-refractivity contribution in [1.82, 2.24) is 0 Å². The van der Waals surface area contributed by atoms with E-state index in [-0.39, 0.29) is 24.0 Å². The van der Waals surface area contributed by atoms with Gasteiger partial charge in [-0.2, -0.15) is 0 Å². The summed E-state index contributed by atoms with van der Waals surface area (Å²) in [6, 6.07) is 3.57. The SMILES string of the molecule is O=C(O)c1ccc(CCCC2C(Cl)CC(O)C2CCCCCCCO)s1. The molecule has 0 radical (unpaired) electrons. The normalized spacial score (nSPS) is 25.7. The average Bonchev–Trinajstić information content (AvgIpc) is 3.17. The molecule has 1 aromatic rings. The highest BCUT2D eigenvalue weighted by Crippen LogP contribution is 2.42. The van der Waals surface area contributed by atoms with Crippen LogP contribution in [0.4, 0.5) is 0 Å². The van der Waals surface area contributed by atoms with Crippen molar-refractivity contribution in [3.63, 3.8) is 0 Å². The molecule has 0 aromatic carbocycles. The van der Waals surface area contributed by atoms with Gasteiger partial charge in [0.15, 0.2) is 0 Å². The lowest BCUT2D eigenvalue weighted by Crippen LogP contribution is -2.21. The molecule has 6 heteroatoms. The first-order valence-electron chi connectivity index (χ1n) is 9.78. The molecule has 26 heavy (non-hydrogen) atoms. The molecular formula is C20H31ClO4S. The quantitative estimate of drug-likeness (QED) is 0.349. The Morgan fingerprint density at radius 1 is 1.08 bits per heavy atom. The van der Waals surface area contributed by atoms with E-state index in [4.69, 9.17) is 21.8 Å². The molecule has 1 fully saturated rings. The van der Waals surface area contributed by atoms with Crippen molar-refractivity contribution in [2.45, 2.75) is 75.7 Å². The standard InChI is InChI=1S/C20H31ClO4S/c21-17-13-18(23)16(8-4-2-1-3-5-12-22)15(17)9-6-7-14-10-11-19(26-14)20(24)25/h10-11,15-18,22-23H,1-9,12-13H2,(H,24,25). The van der Waals surface area contributed by atoms with E-state index in [0.29, 0.717) is 17.2 Å². The maximum absolute atomic E-state index is 11.0. The summed E-state index contributed by atoms with van der Waals surface area (Å²) in [6.45, 7) is 0.273. The van der Waals surface area contributed by atoms with Crippen LogP contribution in [0.15, 0.2) is 12.1 Å². The third-order valence-corrected chi connectivity index (χ3v) is 7.14. The van der Waals surface area contributed by atoms with Crippen molar-refractivity contribution in [2.75, 3.05) is 6.61 Å². The Bertz CT molecular complexity index is 548. The lowest BCUT2D eigenvalue weighted by molar-refractivity contribution is 0.0702. The van der Waals surface area contributed by atoms with Gasteiger partial charge in [0.1, 0.15) is 4.88 Å². The molecule has 0 aliphatic heterocycles. The number of hydrogen-bond acceptors (Lipinski definition) is 4. The van der Waals surface area contributed by atoms with Gasteiger partial charge in [-0.15, -0.1) is 22.9 Å². The first kappa shape index (κ1) is 21.7. The van der Waals surface area contributed by atoms with E-state index >= 15 is 0 Å². The Morgan fingerprint density at radius 2 is 1.77 bits per heavy atom. The number of carboxylic acid groups (broad SMARTS) is 1. The van der Waals surface area contributed by atoms with Crippen LogP contribution in [0.2, 0.25) is 0 Å². The predicted molar refractivity (Wildman–Crippen MR) is 106 cm³/mol. The zero-order valence-corrected chi connectivity index (χ0v) is 16.9. The summed E-state index contributed by atoms with van der Waals surface area (Å²) in [5.74, 6) is -0.226. The van der Waals surface area contributed by atoms with Gasteiger partial charge >= 0.3 is 5.97 Å². The topological polar surface area (TPSA) is 77.8 Å². The number of hydrogen-bond donors (Lipinski definition) is 3. The van der Waals surface area contributed by atoms with Gasteiger partial charge in [0, 0.05) is 16.9 Å². The Morgan fingerprint density at radius 3 is 2.46 bits per heavy atom. The summed E-state index contributed by atoms with van der Waals surface area (Å²) in [6.07, 6.45) is 9.62. The molecule has 0 spiro atoms. The second-order valence-electron chi connectivity index (χ2n) is 7.39. The summed E-state index contributed by atoms with van der Waals surface area (Å²) < 4.78 is 0. The Balaban J connectivity index is 1.74. The van der Waals surface area contributed by atoms with Gasteiger partial charge in [0.25, 0.3) is 0 Å². The fourth-order valence-electron chi connectivity index (χ4n) is 4.10. The molecule has 1 aliphatic rings. The van der Waals surface area contributed by atoms with Crippen LogP contribution in [0.3, 0.4) is 0 Å². The number of aryl methyl sites for hydroxylation is 1. The van der Waals surface area contributed by atoms with Gasteiger partial charge in [-0.1, -0.05) is 25.7 Å². The van der Waals surface area contributed by atoms with E-state index in [1.165, 1.54) is 11.3 Å². The second kappa shape index (κ2) is 11.3. The fraction of sp³-hybridized carbons (Fsp3) is 0.750. The molecule has 148 valence electrons. The van der Waals surface area contributed by atoms with Crippen molar-refractivity contribution >= 4 is 28.9 Å². The van der Waals surface area contributed by atoms with Crippen LogP contribution >= 0.6 is 22.9 Å². The van der Waals surface area contributed by atoms with Gasteiger partial charge in [-0.05, 0) is 62.5 Å². The van der Waals surface area contributed by atoms with Crippen LogP contribution in [0.1, 0.15) is 72.3 Å². The molecule has 0 bridgehead atoms. The first-order valence-corrected chi connectivity index (χ1v) is 11.0. The molecule has 3 N–H and O–H groups in total. The third-order valence-electron chi connectivity index (χ3n) is 5.50. The summed E-state index contributed by atoms with van der Waals surface area (Å²) in [5, 5.41) is 28.2. The lowest BCUT2D eigenvalue weighted by atomic mass is 9.86. The van der Waals surface area contributed by atoms with Crippen LogP contribution in [0.5, 0.6) is 0 Å². The van der Waals surface area contributed by atoms with E-state index in [9.17, 15) is 9.90 Å². The number of halogens is 1. The van der Waals surface area contributed by atoms with E-state index < -0.39 is 5.97 Å². The minimum absolute atomic E-state index is 0.0438. The predicted octanol–water partition coefficient (Wildman–Crippen LogP) is 4.71. The number of carbonyl (C=O) groups is 1. The van der Waals surface area contributed by atoms with Crippen molar-refractivity contribution in [1.29, 1.82) is 0 Å². The number of unbranched alkanes of at least 4 members (excludes halogenated alkanes) is 4. The van der Waals surface area contributed by atoms with E-state index in [1.807, 2.05) is 6.07 Å². The van der Waals surface area contributed by atoms with Crippen LogP contribution in [-0.2, 0) is 6.42 Å². The van der Waals surface area contributed by atoms with E-state index in [2.05, 4.69) is 0 Å². The lowest BCUT2D eigenvalue weighted by Gasteiger charge is -2.23. The van der Waals surface area contributed by atoms with Crippen molar-refractivity contribution in [2.24, 2.45) is 11.8 Å². The number of aliphatic hydroxyl groups excluding tert-OH is 2. The molecule has 0 amide bonds. The van der Waals surface area contributed by atoms with Crippen LogP contribution in [0, 0.1) is 11.8 Å². The monoisotopic (exact) mass is 402 g/mol. The molecule has 1 aliphatic carbocycles. The van der Waals surface area contributed by atoms with Gasteiger partial charge in [-0.3, -0.25) is 0 Å². The highest BCUT2D eigenvalue weighted by atomic mass is 35.5. The second-order valence-corrected chi connectivity index (χ2v) is 9.12. The molecule has 4 atom stereocenters. The van der Waals surface area contributed by atoms with Gasteiger partial charge in [-0.25, -0.2) is 4.79 Å². The summed E-state index contributed by atoms with van der Waals surface area (Å²) in [5.41, 5.74) is 0. The number of thiophene rings is 1. The molecule has 1 heterocycles. The van der Waals surface area contributed by atoms with Gasteiger partial charge in [0.2, 0.25) is 0 Å². The molecule has 4 nitrogen and oxygen atoms in total. The molecule has 1 aromatic heterocycles. The zero-order valence-electron chi connectivity index (χ0n) is 15.3. The Hall–Kier alpha value is -0.620. The minimum atomic E-state index is -0.861. The average molecular weight is 403 g/mol. The summed E-state index contributed by atoms with van der Waals surface area (Å²) in [7, 11) is 0. The number of aromatic carboxylic acids is 1. The third kappa shape index (κ3) is 6.52. The highest BCUT2D eigenvalue weighted by molar-refractivity contribution is 7.13. The molecule has 0 saturated heterocycles. The number of carboxylic acids is 1. The van der Waals surface area contributed by atoms with Crippen molar-refractivity contribution in [3.8, 4) is 0 Å². The van der Waals surface area contributed by atoms with Crippen molar-refractivity contribution in [3.05, 3.63) is 21.9 Å². The zero-order chi connectivity index (χ0) is 18.9. The highest BCUT2D eigenvalue weighted by Gasteiger charge is 2.40. The largest absolute Gasteiger partial charge is 0.477 e.